The number of aromatic nitrogens is 4. The number of fused-ring (bicyclic) bond motifs is 1. The molecule has 0 aliphatic carbocycles. The third-order valence-corrected chi connectivity index (χ3v) is 1.89. The number of H-pyrrole nitrogens is 2. The van der Waals surface area contributed by atoms with Gasteiger partial charge in [-0.1, -0.05) is 10.3 Å². The van der Waals surface area contributed by atoms with Gasteiger partial charge in [0.25, 0.3) is 11.5 Å². The maximum atomic E-state index is 11.4. The van der Waals surface area contributed by atoms with E-state index >= 15 is 0 Å². The number of imidazole rings is 1. The molecule has 0 atom stereocenters. The Morgan fingerprint density at radius 3 is 2.80 bits per heavy atom. The maximum Gasteiger partial charge on any atom is 0.327 e. The van der Waals surface area contributed by atoms with Gasteiger partial charge in [0.1, 0.15) is 0 Å². The second kappa shape index (κ2) is 3.04. The van der Waals surface area contributed by atoms with E-state index in [-0.39, 0.29) is 17.1 Å². The molecule has 9 heteroatoms. The van der Waals surface area contributed by atoms with Crippen LogP contribution in [0.3, 0.4) is 0 Å². The van der Waals surface area contributed by atoms with Crippen LogP contribution in [0.25, 0.3) is 11.2 Å². The van der Waals surface area contributed by atoms with Crippen LogP contribution in [-0.2, 0) is 7.05 Å². The van der Waals surface area contributed by atoms with E-state index < -0.39 is 11.2 Å². The molecule has 0 amide bonds. The molecule has 0 aliphatic heterocycles. The summed E-state index contributed by atoms with van der Waals surface area (Å²) in [5.74, 6) is 4.77. The topological polar surface area (TPSA) is 134 Å². The number of nitrogens with one attached hydrogen (secondary N) is 2. The zero-order valence-electron chi connectivity index (χ0n) is 7.68. The van der Waals surface area contributed by atoms with Crippen molar-refractivity contribution < 1.29 is 0 Å². The quantitative estimate of drug-likeness (QED) is 0.312. The van der Waals surface area contributed by atoms with Crippen molar-refractivity contribution >= 4 is 17.1 Å². The summed E-state index contributed by atoms with van der Waals surface area (Å²) in [7, 11) is 1.48. The van der Waals surface area contributed by atoms with Crippen molar-refractivity contribution in [1.82, 2.24) is 19.5 Å². The number of nitrogens with zero attached hydrogens (tertiary/aromatic N) is 4. The highest BCUT2D eigenvalue weighted by molar-refractivity contribution is 5.70. The van der Waals surface area contributed by atoms with Crippen LogP contribution in [0.1, 0.15) is 0 Å². The van der Waals surface area contributed by atoms with Crippen molar-refractivity contribution in [3.8, 4) is 0 Å². The SMILES string of the molecule is Cn1c(=O)[nH]c2c(=O)[nH]c(N=NN)nc21. The number of hydrogen-bond donors (Lipinski definition) is 3. The second-order valence-corrected chi connectivity index (χ2v) is 2.79. The number of aryl methyl sites for hydroxylation is 1. The third kappa shape index (κ3) is 1.29. The van der Waals surface area contributed by atoms with Gasteiger partial charge in [-0.05, 0) is 0 Å². The molecule has 2 aromatic rings. The molecule has 0 saturated carbocycles. The van der Waals surface area contributed by atoms with E-state index in [1.54, 1.807) is 0 Å². The van der Waals surface area contributed by atoms with Gasteiger partial charge in [-0.3, -0.25) is 19.3 Å². The molecule has 2 aromatic heterocycles. The smallest absolute Gasteiger partial charge is 0.304 e. The van der Waals surface area contributed by atoms with Crippen LogP contribution >= 0.6 is 0 Å². The Labute approximate surface area is 81.6 Å². The van der Waals surface area contributed by atoms with Gasteiger partial charge in [-0.25, -0.2) is 4.79 Å². The number of rotatable bonds is 1. The average Bonchev–Trinajstić information content (AvgIpc) is 2.46. The predicted octanol–water partition coefficient (Wildman–Crippen LogP) is -1.09. The molecule has 0 bridgehead atoms. The van der Waals surface area contributed by atoms with E-state index in [9.17, 15) is 9.59 Å². The largest absolute Gasteiger partial charge is 0.327 e. The van der Waals surface area contributed by atoms with Gasteiger partial charge >= 0.3 is 5.69 Å². The van der Waals surface area contributed by atoms with Gasteiger partial charge in [-0.15, -0.1) is 0 Å². The molecular weight excluding hydrogens is 202 g/mol. The zero-order valence-corrected chi connectivity index (χ0v) is 7.68. The summed E-state index contributed by atoms with van der Waals surface area (Å²) in [6, 6.07) is 0. The lowest BCUT2D eigenvalue weighted by atomic mass is 10.5. The van der Waals surface area contributed by atoms with Crippen LogP contribution in [0.15, 0.2) is 19.9 Å². The standard InChI is InChI=1S/C6H7N7O2/c1-13-3-2(8-6(13)15)4(14)10-5(9-3)11-12-7/h1H3,(H,8,15)(H3,7,9,10,11,14). The summed E-state index contributed by atoms with van der Waals surface area (Å²) in [6.07, 6.45) is 0. The zero-order chi connectivity index (χ0) is 11.0. The van der Waals surface area contributed by atoms with E-state index in [0.29, 0.717) is 0 Å². The van der Waals surface area contributed by atoms with Crippen molar-refractivity contribution in [2.24, 2.45) is 23.2 Å². The Bertz CT molecular complexity index is 646. The minimum atomic E-state index is -0.500. The number of nitrogens with two attached hydrogens (primary N) is 1. The van der Waals surface area contributed by atoms with Crippen LogP contribution in [0.5, 0.6) is 0 Å². The summed E-state index contributed by atoms with van der Waals surface area (Å²) < 4.78 is 1.19. The average molecular weight is 209 g/mol. The molecular formula is C6H7N7O2. The maximum absolute atomic E-state index is 11.4. The molecule has 0 aromatic carbocycles. The van der Waals surface area contributed by atoms with Gasteiger partial charge in [0.15, 0.2) is 11.2 Å². The van der Waals surface area contributed by atoms with Crippen LogP contribution in [-0.4, -0.2) is 19.5 Å². The Morgan fingerprint density at radius 1 is 1.40 bits per heavy atom. The van der Waals surface area contributed by atoms with E-state index in [1.165, 1.54) is 11.6 Å². The first-order valence-electron chi connectivity index (χ1n) is 3.93. The van der Waals surface area contributed by atoms with E-state index in [4.69, 9.17) is 5.84 Å². The van der Waals surface area contributed by atoms with E-state index in [0.717, 1.165) is 0 Å². The number of hydrogen-bond acceptors (Lipinski definition) is 5. The minimum absolute atomic E-state index is 0.0513. The second-order valence-electron chi connectivity index (χ2n) is 2.79. The Hall–Kier alpha value is -2.45. The fourth-order valence-corrected chi connectivity index (χ4v) is 1.19. The van der Waals surface area contributed by atoms with Crippen molar-refractivity contribution in [1.29, 1.82) is 0 Å². The first kappa shape index (κ1) is 9.12. The molecule has 2 rings (SSSR count). The van der Waals surface area contributed by atoms with E-state index in [1.807, 2.05) is 0 Å². The van der Waals surface area contributed by atoms with Crippen molar-refractivity contribution in [2.45, 2.75) is 0 Å². The molecule has 0 spiro atoms. The Kier molecular flexibility index (Phi) is 1.85. The van der Waals surface area contributed by atoms with Crippen LogP contribution in [0.4, 0.5) is 5.95 Å². The molecule has 78 valence electrons. The highest BCUT2D eigenvalue weighted by Gasteiger charge is 2.09. The molecule has 0 radical (unpaired) electrons. The van der Waals surface area contributed by atoms with Gasteiger partial charge in [0, 0.05) is 7.05 Å². The molecule has 15 heavy (non-hydrogen) atoms. The summed E-state index contributed by atoms with van der Waals surface area (Å²) in [5.41, 5.74) is -0.630. The molecule has 2 heterocycles. The Balaban J connectivity index is 2.92. The normalized spacial score (nSPS) is 11.5. The molecule has 9 nitrogen and oxygen atoms in total. The lowest BCUT2D eigenvalue weighted by Crippen LogP contribution is -2.12. The highest BCUT2D eigenvalue weighted by atomic mass is 16.1. The summed E-state index contributed by atoms with van der Waals surface area (Å²) in [6.45, 7) is 0. The van der Waals surface area contributed by atoms with Gasteiger partial charge in [0.2, 0.25) is 0 Å². The van der Waals surface area contributed by atoms with Crippen LogP contribution in [0.2, 0.25) is 0 Å². The molecule has 0 unspecified atom stereocenters. The third-order valence-electron chi connectivity index (χ3n) is 1.89. The van der Waals surface area contributed by atoms with Crippen molar-refractivity contribution in [3.05, 3.63) is 20.8 Å². The summed E-state index contributed by atoms with van der Waals surface area (Å²) in [4.78, 5) is 31.2. The van der Waals surface area contributed by atoms with Gasteiger partial charge < -0.3 is 5.84 Å². The predicted molar refractivity (Wildman–Crippen MR) is 50.7 cm³/mol. The first-order valence-corrected chi connectivity index (χ1v) is 3.93. The first-order chi connectivity index (χ1) is 7.13. The summed E-state index contributed by atoms with van der Waals surface area (Å²) >= 11 is 0. The molecule has 0 fully saturated rings. The van der Waals surface area contributed by atoms with Crippen molar-refractivity contribution in [3.63, 3.8) is 0 Å². The Morgan fingerprint density at radius 2 is 2.13 bits per heavy atom. The van der Waals surface area contributed by atoms with Crippen molar-refractivity contribution in [2.75, 3.05) is 0 Å². The fourth-order valence-electron chi connectivity index (χ4n) is 1.19. The lowest BCUT2D eigenvalue weighted by Gasteiger charge is -1.93. The van der Waals surface area contributed by atoms with Gasteiger partial charge in [-0.2, -0.15) is 4.98 Å². The number of aromatic amines is 2. The summed E-state index contributed by atoms with van der Waals surface area (Å²) in [5, 5.41) is 6.36. The van der Waals surface area contributed by atoms with Crippen LogP contribution < -0.4 is 17.1 Å². The van der Waals surface area contributed by atoms with Crippen LogP contribution in [0, 0.1) is 0 Å². The lowest BCUT2D eigenvalue weighted by molar-refractivity contribution is 0.874. The molecule has 4 N–H and O–H groups in total. The van der Waals surface area contributed by atoms with E-state index in [2.05, 4.69) is 25.3 Å². The molecule has 0 aliphatic rings. The highest BCUT2D eigenvalue weighted by Crippen LogP contribution is 2.05. The molecule has 0 saturated heterocycles. The minimum Gasteiger partial charge on any atom is -0.304 e. The fraction of sp³-hybridized carbons (Fsp3) is 0.167. The monoisotopic (exact) mass is 209 g/mol. The van der Waals surface area contributed by atoms with Gasteiger partial charge in [0.05, 0.1) is 0 Å².